The summed E-state index contributed by atoms with van der Waals surface area (Å²) < 4.78 is 11.4. The summed E-state index contributed by atoms with van der Waals surface area (Å²) in [7, 11) is 0. The molecule has 1 atom stereocenters. The van der Waals surface area contributed by atoms with Crippen molar-refractivity contribution < 1.29 is 19.1 Å². The number of thiophene rings is 1. The van der Waals surface area contributed by atoms with Crippen LogP contribution < -0.4 is 5.32 Å². The highest BCUT2D eigenvalue weighted by Crippen LogP contribution is 2.35. The lowest BCUT2D eigenvalue weighted by Gasteiger charge is -2.10. The van der Waals surface area contributed by atoms with E-state index >= 15 is 0 Å². The molecule has 1 saturated heterocycles. The van der Waals surface area contributed by atoms with Crippen LogP contribution in [0.25, 0.3) is 16.2 Å². The van der Waals surface area contributed by atoms with Crippen molar-refractivity contribution in [1.82, 2.24) is 5.32 Å². The summed E-state index contributed by atoms with van der Waals surface area (Å²) >= 11 is 7.80. The Bertz CT molecular complexity index is 795. The van der Waals surface area contributed by atoms with Crippen molar-refractivity contribution >= 4 is 51.0 Å². The van der Waals surface area contributed by atoms with Crippen LogP contribution in [0.5, 0.6) is 0 Å². The van der Waals surface area contributed by atoms with Crippen LogP contribution in [0, 0.1) is 0 Å². The Morgan fingerprint density at radius 3 is 3.00 bits per heavy atom. The number of esters is 1. The van der Waals surface area contributed by atoms with E-state index in [1.807, 2.05) is 24.3 Å². The minimum Gasteiger partial charge on any atom is -0.452 e. The van der Waals surface area contributed by atoms with E-state index in [2.05, 4.69) is 5.32 Å². The van der Waals surface area contributed by atoms with Gasteiger partial charge in [0.05, 0.1) is 11.1 Å². The summed E-state index contributed by atoms with van der Waals surface area (Å²) in [5.74, 6) is -0.919. The Kier molecular flexibility index (Phi) is 6.07. The Labute approximate surface area is 154 Å². The number of hydrogen-bond donors (Lipinski definition) is 1. The van der Waals surface area contributed by atoms with Crippen LogP contribution in [-0.4, -0.2) is 37.7 Å². The molecule has 0 radical (unpaired) electrons. The summed E-state index contributed by atoms with van der Waals surface area (Å²) in [5, 5.41) is 4.26. The van der Waals surface area contributed by atoms with Gasteiger partial charge in [0.1, 0.15) is 0 Å². The molecule has 2 aromatic rings. The molecule has 1 fully saturated rings. The molecule has 5 nitrogen and oxygen atoms in total. The standard InChI is InChI=1S/C18H18ClNO4S/c19-18-13-5-1-2-6-14(13)25-15(18)7-8-17(22)24-11-16(21)20-10-12-4-3-9-23-12/h1-2,5-8,12H,3-4,9-11H2,(H,20,21)/b8-7+/t12-/m0/s1. The zero-order chi connectivity index (χ0) is 17.6. The van der Waals surface area contributed by atoms with E-state index < -0.39 is 5.97 Å². The van der Waals surface area contributed by atoms with Gasteiger partial charge in [0, 0.05) is 34.2 Å². The highest BCUT2D eigenvalue weighted by molar-refractivity contribution is 7.20. The zero-order valence-electron chi connectivity index (χ0n) is 13.5. The summed E-state index contributed by atoms with van der Waals surface area (Å²) in [6.07, 6.45) is 4.91. The first-order valence-corrected chi connectivity index (χ1v) is 9.23. The first-order chi connectivity index (χ1) is 12.1. The second-order valence-electron chi connectivity index (χ2n) is 5.66. The van der Waals surface area contributed by atoms with E-state index in [0.717, 1.165) is 34.4 Å². The van der Waals surface area contributed by atoms with Crippen LogP contribution in [0.3, 0.4) is 0 Å². The van der Waals surface area contributed by atoms with E-state index in [4.69, 9.17) is 21.1 Å². The van der Waals surface area contributed by atoms with E-state index in [-0.39, 0.29) is 18.6 Å². The first kappa shape index (κ1) is 17.9. The second kappa shape index (κ2) is 8.47. The SMILES string of the molecule is O=C(COC(=O)/C=C/c1sc2ccccc2c1Cl)NC[C@@H]1CCCO1. The number of halogens is 1. The van der Waals surface area contributed by atoms with Gasteiger partial charge in [0.15, 0.2) is 6.61 Å². The highest BCUT2D eigenvalue weighted by atomic mass is 35.5. The minimum absolute atomic E-state index is 0.0645. The molecule has 7 heteroatoms. The third-order valence-corrected chi connectivity index (χ3v) is 5.48. The third-order valence-electron chi connectivity index (χ3n) is 3.83. The van der Waals surface area contributed by atoms with Gasteiger partial charge in [-0.3, -0.25) is 4.79 Å². The molecule has 1 amide bonds. The first-order valence-electron chi connectivity index (χ1n) is 8.03. The van der Waals surface area contributed by atoms with Crippen LogP contribution in [-0.2, 0) is 19.1 Å². The quantitative estimate of drug-likeness (QED) is 0.617. The van der Waals surface area contributed by atoms with Gasteiger partial charge >= 0.3 is 5.97 Å². The zero-order valence-corrected chi connectivity index (χ0v) is 15.1. The fourth-order valence-corrected chi connectivity index (χ4v) is 3.95. The lowest BCUT2D eigenvalue weighted by atomic mass is 10.2. The molecule has 3 rings (SSSR count). The molecular weight excluding hydrogens is 362 g/mol. The molecule has 0 bridgehead atoms. The number of ether oxygens (including phenoxy) is 2. The second-order valence-corrected chi connectivity index (χ2v) is 7.12. The lowest BCUT2D eigenvalue weighted by Crippen LogP contribution is -2.34. The van der Waals surface area contributed by atoms with Crippen LogP contribution >= 0.6 is 22.9 Å². The maximum atomic E-state index is 11.8. The van der Waals surface area contributed by atoms with Gasteiger partial charge < -0.3 is 14.8 Å². The van der Waals surface area contributed by atoms with Crippen molar-refractivity contribution in [1.29, 1.82) is 0 Å². The van der Waals surface area contributed by atoms with E-state index in [1.165, 1.54) is 17.4 Å². The largest absolute Gasteiger partial charge is 0.452 e. The van der Waals surface area contributed by atoms with Crippen molar-refractivity contribution in [3.63, 3.8) is 0 Å². The number of benzene rings is 1. The maximum absolute atomic E-state index is 11.8. The third kappa shape index (κ3) is 4.81. The Hall–Kier alpha value is -1.89. The molecule has 0 unspecified atom stereocenters. The molecule has 1 aliphatic heterocycles. The molecular formula is C18H18ClNO4S. The van der Waals surface area contributed by atoms with Gasteiger partial charge in [0.25, 0.3) is 5.91 Å². The van der Waals surface area contributed by atoms with E-state index in [1.54, 1.807) is 6.08 Å². The van der Waals surface area contributed by atoms with Crippen molar-refractivity contribution in [2.75, 3.05) is 19.8 Å². The van der Waals surface area contributed by atoms with Crippen molar-refractivity contribution in [3.8, 4) is 0 Å². The number of fused-ring (bicyclic) bond motifs is 1. The number of carbonyl (C=O) groups is 2. The molecule has 2 heterocycles. The fourth-order valence-electron chi connectivity index (χ4n) is 2.55. The number of carbonyl (C=O) groups excluding carboxylic acids is 2. The smallest absolute Gasteiger partial charge is 0.331 e. The van der Waals surface area contributed by atoms with Crippen LogP contribution in [0.4, 0.5) is 0 Å². The van der Waals surface area contributed by atoms with Gasteiger partial charge in [-0.05, 0) is 25.0 Å². The van der Waals surface area contributed by atoms with Gasteiger partial charge in [-0.15, -0.1) is 11.3 Å². The average Bonchev–Trinajstić information content (AvgIpc) is 3.25. The Morgan fingerprint density at radius 1 is 1.40 bits per heavy atom. The molecule has 0 spiro atoms. The van der Waals surface area contributed by atoms with Crippen LogP contribution in [0.15, 0.2) is 30.3 Å². The normalized spacial score (nSPS) is 17.2. The van der Waals surface area contributed by atoms with Crippen molar-refractivity contribution in [2.45, 2.75) is 18.9 Å². The fraction of sp³-hybridized carbons (Fsp3) is 0.333. The molecule has 1 N–H and O–H groups in total. The lowest BCUT2D eigenvalue weighted by molar-refractivity contribution is -0.143. The number of nitrogens with one attached hydrogen (secondary N) is 1. The molecule has 1 aliphatic rings. The molecule has 1 aromatic carbocycles. The van der Waals surface area contributed by atoms with Gasteiger partial charge in [0.2, 0.25) is 0 Å². The molecule has 1 aromatic heterocycles. The van der Waals surface area contributed by atoms with Crippen LogP contribution in [0.2, 0.25) is 5.02 Å². The number of rotatable bonds is 6. The van der Waals surface area contributed by atoms with Crippen molar-refractivity contribution in [2.24, 2.45) is 0 Å². The van der Waals surface area contributed by atoms with Crippen molar-refractivity contribution in [3.05, 3.63) is 40.2 Å². The summed E-state index contributed by atoms with van der Waals surface area (Å²) in [6, 6.07) is 7.76. The van der Waals surface area contributed by atoms with Gasteiger partial charge in [-0.25, -0.2) is 4.79 Å². The highest BCUT2D eigenvalue weighted by Gasteiger charge is 2.16. The van der Waals surface area contributed by atoms with Gasteiger partial charge in [-0.1, -0.05) is 29.8 Å². The Morgan fingerprint density at radius 2 is 2.24 bits per heavy atom. The van der Waals surface area contributed by atoms with Gasteiger partial charge in [-0.2, -0.15) is 0 Å². The molecule has 0 aliphatic carbocycles. The minimum atomic E-state index is -0.583. The molecule has 0 saturated carbocycles. The van der Waals surface area contributed by atoms with E-state index in [9.17, 15) is 9.59 Å². The Balaban J connectivity index is 1.47. The topological polar surface area (TPSA) is 64.6 Å². The summed E-state index contributed by atoms with van der Waals surface area (Å²) in [6.45, 7) is 0.875. The average molecular weight is 380 g/mol. The monoisotopic (exact) mass is 379 g/mol. The predicted molar refractivity (Wildman–Crippen MR) is 98.8 cm³/mol. The number of amides is 1. The summed E-state index contributed by atoms with van der Waals surface area (Å²) in [4.78, 5) is 24.2. The summed E-state index contributed by atoms with van der Waals surface area (Å²) in [5.41, 5.74) is 0. The maximum Gasteiger partial charge on any atom is 0.331 e. The molecule has 25 heavy (non-hydrogen) atoms. The number of hydrogen-bond acceptors (Lipinski definition) is 5. The van der Waals surface area contributed by atoms with Crippen LogP contribution in [0.1, 0.15) is 17.7 Å². The predicted octanol–water partition coefficient (Wildman–Crippen LogP) is 3.41. The van der Waals surface area contributed by atoms with E-state index in [0.29, 0.717) is 11.6 Å². The molecule has 132 valence electrons.